The summed E-state index contributed by atoms with van der Waals surface area (Å²) in [6.45, 7) is 5.71. The summed E-state index contributed by atoms with van der Waals surface area (Å²) in [7, 11) is 0. The van der Waals surface area contributed by atoms with Gasteiger partial charge in [-0.3, -0.25) is 29.7 Å². The number of carbonyl (C=O) groups excluding carboxylic acids is 3. The van der Waals surface area contributed by atoms with Crippen LogP contribution in [0.2, 0.25) is 0 Å². The van der Waals surface area contributed by atoms with Gasteiger partial charge in [-0.25, -0.2) is 0 Å². The molecule has 33 heavy (non-hydrogen) atoms. The summed E-state index contributed by atoms with van der Waals surface area (Å²) >= 11 is 0. The Morgan fingerprint density at radius 1 is 1.12 bits per heavy atom. The highest BCUT2D eigenvalue weighted by atomic mass is 16.2. The molecule has 2 N–H and O–H groups in total. The lowest BCUT2D eigenvalue weighted by atomic mass is 9.71. The van der Waals surface area contributed by atoms with E-state index in [4.69, 9.17) is 0 Å². The summed E-state index contributed by atoms with van der Waals surface area (Å²) < 4.78 is 0. The van der Waals surface area contributed by atoms with Crippen LogP contribution in [0.25, 0.3) is 0 Å². The number of likely N-dealkylation sites (tertiary alicyclic amines) is 1. The fourth-order valence-electron chi connectivity index (χ4n) is 5.83. The SMILES string of the molecule is O=C1CCC(N2Cc3cc(N4CC5(CCN(Cc6cn[nH]c6)CC5)C4)ccc3C2=O)C(=O)N1. The molecule has 1 unspecified atom stereocenters. The first-order chi connectivity index (χ1) is 16.0. The minimum atomic E-state index is -0.564. The van der Waals surface area contributed by atoms with E-state index in [0.717, 1.165) is 44.0 Å². The fraction of sp³-hybridized carbons (Fsp3) is 0.500. The van der Waals surface area contributed by atoms with E-state index in [1.807, 2.05) is 24.5 Å². The van der Waals surface area contributed by atoms with E-state index in [9.17, 15) is 14.4 Å². The molecule has 9 heteroatoms. The second kappa shape index (κ2) is 7.69. The topological polar surface area (TPSA) is 102 Å². The Morgan fingerprint density at radius 3 is 2.67 bits per heavy atom. The lowest BCUT2D eigenvalue weighted by Crippen LogP contribution is -2.60. The molecule has 3 saturated heterocycles. The van der Waals surface area contributed by atoms with Gasteiger partial charge >= 0.3 is 0 Å². The van der Waals surface area contributed by atoms with Gasteiger partial charge in [0.1, 0.15) is 6.04 Å². The number of aromatic nitrogens is 2. The Kier molecular flexibility index (Phi) is 4.76. The highest BCUT2D eigenvalue weighted by molar-refractivity contribution is 6.05. The number of aromatic amines is 1. The molecule has 5 heterocycles. The van der Waals surface area contributed by atoms with Gasteiger partial charge in [0.15, 0.2) is 0 Å². The van der Waals surface area contributed by atoms with Gasteiger partial charge in [-0.05, 0) is 56.1 Å². The van der Waals surface area contributed by atoms with E-state index in [2.05, 4.69) is 31.4 Å². The number of benzene rings is 1. The van der Waals surface area contributed by atoms with Crippen LogP contribution in [0.15, 0.2) is 30.6 Å². The summed E-state index contributed by atoms with van der Waals surface area (Å²) in [5.41, 5.74) is 4.42. The number of imide groups is 1. The van der Waals surface area contributed by atoms with Crippen LogP contribution in [0.3, 0.4) is 0 Å². The Bertz CT molecular complexity index is 1100. The predicted molar refractivity (Wildman–Crippen MR) is 120 cm³/mol. The quantitative estimate of drug-likeness (QED) is 0.684. The first-order valence-electron chi connectivity index (χ1n) is 11.7. The van der Waals surface area contributed by atoms with Crippen LogP contribution in [0.4, 0.5) is 5.69 Å². The molecule has 3 amide bonds. The number of piperidine rings is 2. The van der Waals surface area contributed by atoms with Crippen molar-refractivity contribution in [3.63, 3.8) is 0 Å². The van der Waals surface area contributed by atoms with Gasteiger partial charge in [0.2, 0.25) is 11.8 Å². The van der Waals surface area contributed by atoms with Crippen molar-refractivity contribution in [2.24, 2.45) is 5.41 Å². The van der Waals surface area contributed by atoms with Gasteiger partial charge in [0.25, 0.3) is 5.91 Å². The molecule has 1 spiro atoms. The molecule has 3 fully saturated rings. The Morgan fingerprint density at radius 2 is 1.94 bits per heavy atom. The third-order valence-electron chi connectivity index (χ3n) is 7.80. The number of rotatable bonds is 4. The molecule has 2 aromatic rings. The van der Waals surface area contributed by atoms with Crippen LogP contribution in [0, 0.1) is 5.41 Å². The summed E-state index contributed by atoms with van der Waals surface area (Å²) in [5, 5.41) is 9.29. The lowest BCUT2D eigenvalue weighted by Gasteiger charge is -2.55. The number of carbonyl (C=O) groups is 3. The molecule has 1 aromatic carbocycles. The first kappa shape index (κ1) is 20.4. The van der Waals surface area contributed by atoms with Gasteiger partial charge in [0.05, 0.1) is 6.20 Å². The molecule has 6 rings (SSSR count). The summed E-state index contributed by atoms with van der Waals surface area (Å²) in [6, 6.07) is 5.48. The normalized spacial score (nSPS) is 24.7. The van der Waals surface area contributed by atoms with Crippen LogP contribution in [0.5, 0.6) is 0 Å². The Labute approximate surface area is 192 Å². The van der Waals surface area contributed by atoms with Crippen molar-refractivity contribution in [2.75, 3.05) is 31.1 Å². The minimum absolute atomic E-state index is 0.115. The molecule has 0 bridgehead atoms. The van der Waals surface area contributed by atoms with Crippen LogP contribution in [-0.2, 0) is 22.7 Å². The smallest absolute Gasteiger partial charge is 0.255 e. The van der Waals surface area contributed by atoms with E-state index in [-0.39, 0.29) is 24.1 Å². The molecular weight excluding hydrogens is 420 g/mol. The van der Waals surface area contributed by atoms with Crippen LogP contribution in [0.1, 0.15) is 47.2 Å². The standard InChI is InChI=1S/C24H28N6O3/c31-21-4-3-20(22(32)27-21)30-13-17-9-18(1-2-19(17)23(30)33)29-14-24(15-29)5-7-28(8-6-24)12-16-10-25-26-11-16/h1-2,9-11,20H,3-8,12-15H2,(H,25,26)(H,27,31,32). The molecule has 9 nitrogen and oxygen atoms in total. The molecule has 4 aliphatic heterocycles. The third-order valence-corrected chi connectivity index (χ3v) is 7.80. The molecule has 0 aliphatic carbocycles. The fourth-order valence-corrected chi connectivity index (χ4v) is 5.83. The summed E-state index contributed by atoms with van der Waals surface area (Å²) in [5.74, 6) is -0.741. The largest absolute Gasteiger partial charge is 0.370 e. The molecule has 4 aliphatic rings. The molecule has 0 radical (unpaired) electrons. The summed E-state index contributed by atoms with van der Waals surface area (Å²) in [4.78, 5) is 43.2. The van der Waals surface area contributed by atoms with Crippen LogP contribution in [-0.4, -0.2) is 69.9 Å². The van der Waals surface area contributed by atoms with Gasteiger partial charge in [0, 0.05) is 61.0 Å². The van der Waals surface area contributed by atoms with Gasteiger partial charge in [-0.1, -0.05) is 0 Å². The van der Waals surface area contributed by atoms with Crippen LogP contribution >= 0.6 is 0 Å². The maximum atomic E-state index is 12.9. The van der Waals surface area contributed by atoms with Crippen molar-refractivity contribution < 1.29 is 14.4 Å². The number of nitrogens with one attached hydrogen (secondary N) is 2. The molecule has 0 saturated carbocycles. The number of hydrogen-bond donors (Lipinski definition) is 2. The van der Waals surface area contributed by atoms with Crippen molar-refractivity contribution in [1.29, 1.82) is 0 Å². The number of H-pyrrole nitrogens is 1. The minimum Gasteiger partial charge on any atom is -0.370 e. The average molecular weight is 449 g/mol. The summed E-state index contributed by atoms with van der Waals surface area (Å²) in [6.07, 6.45) is 6.94. The van der Waals surface area contributed by atoms with Crippen molar-refractivity contribution in [1.82, 2.24) is 25.3 Å². The van der Waals surface area contributed by atoms with Crippen LogP contribution < -0.4 is 10.2 Å². The monoisotopic (exact) mass is 448 g/mol. The highest BCUT2D eigenvalue weighted by Gasteiger charge is 2.45. The predicted octanol–water partition coefficient (Wildman–Crippen LogP) is 1.27. The third kappa shape index (κ3) is 3.60. The van der Waals surface area contributed by atoms with E-state index < -0.39 is 6.04 Å². The number of anilines is 1. The number of fused-ring (bicyclic) bond motifs is 1. The zero-order valence-electron chi connectivity index (χ0n) is 18.5. The average Bonchev–Trinajstić information content (AvgIpc) is 3.40. The molecule has 172 valence electrons. The second-order valence-electron chi connectivity index (χ2n) is 9.98. The van der Waals surface area contributed by atoms with Gasteiger partial charge in [-0.15, -0.1) is 0 Å². The maximum Gasteiger partial charge on any atom is 0.255 e. The first-order valence-corrected chi connectivity index (χ1v) is 11.7. The zero-order chi connectivity index (χ0) is 22.6. The van der Waals surface area contributed by atoms with Gasteiger partial charge in [-0.2, -0.15) is 5.10 Å². The Hall–Kier alpha value is -3.20. The van der Waals surface area contributed by atoms with Crippen molar-refractivity contribution in [3.8, 4) is 0 Å². The number of amides is 3. The number of nitrogens with zero attached hydrogens (tertiary/aromatic N) is 4. The van der Waals surface area contributed by atoms with Crippen molar-refractivity contribution in [3.05, 3.63) is 47.3 Å². The second-order valence-corrected chi connectivity index (χ2v) is 9.98. The Balaban J connectivity index is 1.08. The molecular formula is C24H28N6O3. The molecule has 1 atom stereocenters. The number of hydrogen-bond acceptors (Lipinski definition) is 6. The van der Waals surface area contributed by atoms with Gasteiger partial charge < -0.3 is 9.80 Å². The van der Waals surface area contributed by atoms with E-state index >= 15 is 0 Å². The van der Waals surface area contributed by atoms with E-state index in [0.29, 0.717) is 23.9 Å². The zero-order valence-corrected chi connectivity index (χ0v) is 18.5. The maximum absolute atomic E-state index is 12.9. The van der Waals surface area contributed by atoms with Crippen molar-refractivity contribution in [2.45, 2.75) is 44.8 Å². The van der Waals surface area contributed by atoms with E-state index in [1.165, 1.54) is 18.4 Å². The van der Waals surface area contributed by atoms with E-state index in [1.54, 1.807) is 4.90 Å². The molecule has 1 aromatic heterocycles. The lowest BCUT2D eigenvalue weighted by molar-refractivity contribution is -0.136. The highest BCUT2D eigenvalue weighted by Crippen LogP contribution is 2.43. The van der Waals surface area contributed by atoms with Crippen molar-refractivity contribution >= 4 is 23.4 Å².